The van der Waals surface area contributed by atoms with E-state index in [0.29, 0.717) is 5.33 Å². The summed E-state index contributed by atoms with van der Waals surface area (Å²) in [5.74, 6) is 0. The first kappa shape index (κ1) is 13.2. The minimum absolute atomic E-state index is 0.668. The van der Waals surface area contributed by atoms with Crippen LogP contribution >= 0.6 is 15.9 Å². The fourth-order valence-electron chi connectivity index (χ4n) is 1.28. The summed E-state index contributed by atoms with van der Waals surface area (Å²) in [5, 5.41) is 10.4. The SMILES string of the molecule is COC(O)c1ccccccccc1CBr. The fourth-order valence-corrected chi connectivity index (χ4v) is 1.79. The Bertz CT molecular complexity index is 378. The molecule has 0 saturated heterocycles. The van der Waals surface area contributed by atoms with E-state index in [9.17, 15) is 5.11 Å². The van der Waals surface area contributed by atoms with Crippen LogP contribution in [0.3, 0.4) is 0 Å². The average Bonchev–Trinajstić information content (AvgIpc) is 2.34. The summed E-state index contributed by atoms with van der Waals surface area (Å²) in [6.45, 7) is 0. The van der Waals surface area contributed by atoms with Crippen LogP contribution in [0.4, 0.5) is 0 Å². The first-order valence-corrected chi connectivity index (χ1v) is 6.09. The van der Waals surface area contributed by atoms with Crippen LogP contribution in [-0.4, -0.2) is 12.2 Å². The Balaban J connectivity index is 3.32. The standard InChI is InChI=1S/C13H15BrO2/c1-16-13(15)12-9-7-5-3-2-4-6-8-11(12)10-14/h2-9,13,15H,10H2,1H3. The molecule has 0 radical (unpaired) electrons. The highest BCUT2D eigenvalue weighted by Crippen LogP contribution is 2.18. The van der Waals surface area contributed by atoms with Crippen molar-refractivity contribution in [1.82, 2.24) is 0 Å². The highest BCUT2D eigenvalue weighted by atomic mass is 79.9. The van der Waals surface area contributed by atoms with E-state index >= 15 is 0 Å². The van der Waals surface area contributed by atoms with Gasteiger partial charge in [0, 0.05) is 18.0 Å². The first-order chi connectivity index (χ1) is 7.79. The van der Waals surface area contributed by atoms with Crippen molar-refractivity contribution in [2.24, 2.45) is 0 Å². The Kier molecular flexibility index (Phi) is 6.08. The maximum atomic E-state index is 9.74. The minimum atomic E-state index is -0.898. The Morgan fingerprint density at radius 2 is 1.69 bits per heavy atom. The number of rotatable bonds is 3. The Labute approximate surface area is 104 Å². The lowest BCUT2D eigenvalue weighted by molar-refractivity contribution is -0.0773. The van der Waals surface area contributed by atoms with E-state index in [1.165, 1.54) is 7.11 Å². The van der Waals surface area contributed by atoms with E-state index in [1.807, 2.05) is 48.5 Å². The Morgan fingerprint density at radius 3 is 2.25 bits per heavy atom. The molecule has 0 aromatic heterocycles. The smallest absolute Gasteiger partial charge is 0.181 e. The molecule has 1 atom stereocenters. The van der Waals surface area contributed by atoms with Gasteiger partial charge in [0.05, 0.1) is 0 Å². The van der Waals surface area contributed by atoms with Gasteiger partial charge < -0.3 is 9.84 Å². The second-order valence-corrected chi connectivity index (χ2v) is 3.75. The summed E-state index contributed by atoms with van der Waals surface area (Å²) in [7, 11) is 1.48. The van der Waals surface area contributed by atoms with Crippen LogP contribution in [0, 0.1) is 0 Å². The van der Waals surface area contributed by atoms with Gasteiger partial charge in [0.25, 0.3) is 0 Å². The zero-order chi connectivity index (χ0) is 11.8. The van der Waals surface area contributed by atoms with Gasteiger partial charge in [-0.2, -0.15) is 0 Å². The van der Waals surface area contributed by atoms with Crippen LogP contribution in [0.1, 0.15) is 17.4 Å². The number of aliphatic hydroxyl groups is 1. The van der Waals surface area contributed by atoms with Crippen molar-refractivity contribution in [2.75, 3.05) is 7.11 Å². The molecule has 0 spiro atoms. The van der Waals surface area contributed by atoms with E-state index in [0.717, 1.165) is 11.1 Å². The van der Waals surface area contributed by atoms with Crippen LogP contribution in [0.25, 0.3) is 0 Å². The lowest BCUT2D eigenvalue weighted by Crippen LogP contribution is -2.01. The largest absolute Gasteiger partial charge is 0.364 e. The molecule has 3 heteroatoms. The summed E-state index contributed by atoms with van der Waals surface area (Å²) in [5.41, 5.74) is 1.75. The Morgan fingerprint density at radius 1 is 1.12 bits per heavy atom. The van der Waals surface area contributed by atoms with Crippen LogP contribution < -0.4 is 0 Å². The maximum Gasteiger partial charge on any atom is 0.181 e. The van der Waals surface area contributed by atoms with Gasteiger partial charge in [-0.3, -0.25) is 0 Å². The van der Waals surface area contributed by atoms with Crippen molar-refractivity contribution in [2.45, 2.75) is 11.6 Å². The molecule has 1 aromatic rings. The van der Waals surface area contributed by atoms with Crippen molar-refractivity contribution in [3.05, 3.63) is 59.7 Å². The number of alkyl halides is 1. The molecule has 0 bridgehead atoms. The van der Waals surface area contributed by atoms with Crippen LogP contribution in [0.15, 0.2) is 48.5 Å². The number of hydrogen-bond donors (Lipinski definition) is 1. The molecule has 0 aliphatic carbocycles. The molecule has 0 aliphatic rings. The molecule has 1 N–H and O–H groups in total. The number of methoxy groups -OCH3 is 1. The molecule has 0 heterocycles. The van der Waals surface area contributed by atoms with Gasteiger partial charge in [0.15, 0.2) is 6.29 Å². The van der Waals surface area contributed by atoms with E-state index < -0.39 is 6.29 Å². The van der Waals surface area contributed by atoms with Crippen molar-refractivity contribution in [3.8, 4) is 0 Å². The second-order valence-electron chi connectivity index (χ2n) is 3.19. The summed E-state index contributed by atoms with van der Waals surface area (Å²) < 4.78 is 4.94. The molecule has 1 aromatic carbocycles. The van der Waals surface area contributed by atoms with E-state index in [4.69, 9.17) is 4.74 Å². The molecule has 16 heavy (non-hydrogen) atoms. The van der Waals surface area contributed by atoms with Gasteiger partial charge in [-0.05, 0) is 5.56 Å². The lowest BCUT2D eigenvalue weighted by Gasteiger charge is -2.10. The summed E-state index contributed by atoms with van der Waals surface area (Å²) >= 11 is 3.40. The molecule has 0 saturated carbocycles. The van der Waals surface area contributed by atoms with Gasteiger partial charge in [-0.25, -0.2) is 0 Å². The third-order valence-corrected chi connectivity index (χ3v) is 2.74. The summed E-state index contributed by atoms with van der Waals surface area (Å²) in [4.78, 5) is 0. The molecule has 1 unspecified atom stereocenters. The third-order valence-electron chi connectivity index (χ3n) is 2.13. The molecule has 1 rings (SSSR count). The van der Waals surface area contributed by atoms with Crippen molar-refractivity contribution in [3.63, 3.8) is 0 Å². The highest BCUT2D eigenvalue weighted by Gasteiger charge is 2.07. The van der Waals surface area contributed by atoms with Gasteiger partial charge in [0.2, 0.25) is 0 Å². The Hall–Kier alpha value is -0.900. The normalized spacial score (nSPS) is 11.7. The number of hydrogen-bond acceptors (Lipinski definition) is 2. The molecule has 0 aliphatic heterocycles. The quantitative estimate of drug-likeness (QED) is 0.681. The van der Waals surface area contributed by atoms with Gasteiger partial charge in [0.1, 0.15) is 0 Å². The zero-order valence-corrected chi connectivity index (χ0v) is 10.7. The van der Waals surface area contributed by atoms with Gasteiger partial charge in [-0.15, -0.1) is 0 Å². The number of halogens is 1. The molecule has 0 fully saturated rings. The maximum absolute atomic E-state index is 9.74. The topological polar surface area (TPSA) is 29.5 Å². The van der Waals surface area contributed by atoms with Crippen molar-refractivity contribution in [1.29, 1.82) is 0 Å². The predicted molar refractivity (Wildman–Crippen MR) is 68.7 cm³/mol. The molecular weight excluding hydrogens is 268 g/mol. The number of aliphatic hydroxyl groups excluding tert-OH is 1. The average molecular weight is 283 g/mol. The summed E-state index contributed by atoms with van der Waals surface area (Å²) in [6.07, 6.45) is -0.898. The van der Waals surface area contributed by atoms with Gasteiger partial charge >= 0.3 is 0 Å². The van der Waals surface area contributed by atoms with Crippen LogP contribution in [0.2, 0.25) is 0 Å². The summed E-state index contributed by atoms with van der Waals surface area (Å²) in [6, 6.07) is 15.3. The molecular formula is C13H15BrO2. The highest BCUT2D eigenvalue weighted by molar-refractivity contribution is 9.08. The van der Waals surface area contributed by atoms with Crippen molar-refractivity contribution >= 4 is 15.9 Å². The second kappa shape index (κ2) is 7.39. The molecule has 2 nitrogen and oxygen atoms in total. The molecule has 0 amide bonds. The first-order valence-electron chi connectivity index (χ1n) is 4.97. The van der Waals surface area contributed by atoms with E-state index in [-0.39, 0.29) is 0 Å². The van der Waals surface area contributed by atoms with Gasteiger partial charge in [-0.1, -0.05) is 64.5 Å². The zero-order valence-electron chi connectivity index (χ0n) is 9.14. The number of ether oxygens (including phenoxy) is 1. The van der Waals surface area contributed by atoms with E-state index in [2.05, 4.69) is 15.9 Å². The predicted octanol–water partition coefficient (Wildman–Crippen LogP) is 3.34. The fraction of sp³-hybridized carbons (Fsp3) is 0.231. The van der Waals surface area contributed by atoms with Crippen molar-refractivity contribution < 1.29 is 9.84 Å². The monoisotopic (exact) mass is 282 g/mol. The van der Waals surface area contributed by atoms with E-state index in [1.54, 1.807) is 0 Å². The molecule has 86 valence electrons. The van der Waals surface area contributed by atoms with Crippen LogP contribution in [0.5, 0.6) is 0 Å². The van der Waals surface area contributed by atoms with Crippen LogP contribution in [-0.2, 0) is 10.1 Å². The lowest BCUT2D eigenvalue weighted by atomic mass is 10.1. The minimum Gasteiger partial charge on any atom is -0.364 e. The third kappa shape index (κ3) is 3.93.